The van der Waals surface area contributed by atoms with Gasteiger partial charge in [-0.05, 0) is 11.6 Å². The summed E-state index contributed by atoms with van der Waals surface area (Å²) in [6, 6.07) is 5.13. The molecule has 3 atom stereocenters. The first kappa shape index (κ1) is 15.6. The zero-order chi connectivity index (χ0) is 16.5. The summed E-state index contributed by atoms with van der Waals surface area (Å²) in [6.07, 6.45) is 0.598. The summed E-state index contributed by atoms with van der Waals surface area (Å²) in [6.45, 7) is 2.25. The fraction of sp³-hybridized carbons (Fsp3) is 0.529. The minimum absolute atomic E-state index is 0.0283. The van der Waals surface area contributed by atoms with Crippen LogP contribution in [-0.2, 0) is 30.1 Å². The van der Waals surface area contributed by atoms with Crippen molar-refractivity contribution in [3.8, 4) is 0 Å². The number of carbonyl (C=O) groups is 2. The molecule has 3 heterocycles. The van der Waals surface area contributed by atoms with Gasteiger partial charge in [-0.15, -0.1) is 0 Å². The van der Waals surface area contributed by atoms with Crippen molar-refractivity contribution < 1.29 is 33.3 Å². The van der Waals surface area contributed by atoms with E-state index in [0.717, 1.165) is 5.56 Å². The molecule has 7 nitrogen and oxygen atoms in total. The van der Waals surface area contributed by atoms with Gasteiger partial charge in [-0.25, -0.2) is 9.59 Å². The Morgan fingerprint density at radius 1 is 0.917 bits per heavy atom. The molecule has 128 valence electrons. The summed E-state index contributed by atoms with van der Waals surface area (Å²) in [7, 11) is 0. The molecule has 0 aliphatic carbocycles. The first-order valence-corrected chi connectivity index (χ1v) is 8.01. The fourth-order valence-corrected chi connectivity index (χ4v) is 2.43. The minimum Gasteiger partial charge on any atom is -0.459 e. The molecule has 3 unspecified atom stereocenters. The van der Waals surface area contributed by atoms with Crippen LogP contribution in [-0.4, -0.2) is 63.3 Å². The average molecular weight is 334 g/mol. The predicted octanol–water partition coefficient (Wildman–Crippen LogP) is 0.739. The predicted molar refractivity (Wildman–Crippen MR) is 79.9 cm³/mol. The molecular weight excluding hydrogens is 316 g/mol. The molecule has 1 aromatic carbocycles. The molecule has 0 bridgehead atoms. The Morgan fingerprint density at radius 3 is 2.08 bits per heavy atom. The number of hydrogen-bond acceptors (Lipinski definition) is 7. The number of esters is 2. The van der Waals surface area contributed by atoms with Crippen molar-refractivity contribution in [1.82, 2.24) is 0 Å². The lowest BCUT2D eigenvalue weighted by Gasteiger charge is -2.13. The molecule has 0 amide bonds. The van der Waals surface area contributed by atoms with E-state index in [1.807, 2.05) is 6.07 Å². The Kier molecular flexibility index (Phi) is 4.22. The number of rotatable bonds is 8. The third-order valence-corrected chi connectivity index (χ3v) is 4.03. The van der Waals surface area contributed by atoms with E-state index in [2.05, 4.69) is 0 Å². The maximum atomic E-state index is 12.5. The second kappa shape index (κ2) is 6.51. The van der Waals surface area contributed by atoms with E-state index >= 15 is 0 Å². The number of benzene rings is 1. The zero-order valence-electron chi connectivity index (χ0n) is 13.1. The van der Waals surface area contributed by atoms with E-state index in [1.165, 1.54) is 0 Å². The Labute approximate surface area is 138 Å². The topological polar surface area (TPSA) is 90.2 Å². The molecule has 3 fully saturated rings. The quantitative estimate of drug-likeness (QED) is 0.511. The minimum atomic E-state index is -0.543. The van der Waals surface area contributed by atoms with Crippen LogP contribution in [0.15, 0.2) is 18.2 Å². The zero-order valence-corrected chi connectivity index (χ0v) is 13.1. The molecular formula is C17H18O7. The molecule has 3 aliphatic heterocycles. The molecule has 7 heteroatoms. The summed E-state index contributed by atoms with van der Waals surface area (Å²) in [5, 5.41) is 0. The van der Waals surface area contributed by atoms with Gasteiger partial charge in [0, 0.05) is 6.42 Å². The van der Waals surface area contributed by atoms with Crippen molar-refractivity contribution in [1.29, 1.82) is 0 Å². The third-order valence-electron chi connectivity index (χ3n) is 4.03. The van der Waals surface area contributed by atoms with E-state index < -0.39 is 11.9 Å². The molecule has 0 N–H and O–H groups in total. The standard InChI is InChI=1S/C17H18O7/c18-16(23-8-12-6-21-12)14-3-1-2-10(4-11-5-20-11)15(14)17(19)24-9-13-7-22-13/h1-3,11-13H,4-9H2. The van der Waals surface area contributed by atoms with Crippen LogP contribution in [0.3, 0.4) is 0 Å². The van der Waals surface area contributed by atoms with Gasteiger partial charge in [-0.1, -0.05) is 12.1 Å². The fourth-order valence-electron chi connectivity index (χ4n) is 2.43. The van der Waals surface area contributed by atoms with Gasteiger partial charge in [0.1, 0.15) is 25.4 Å². The molecule has 24 heavy (non-hydrogen) atoms. The summed E-state index contributed by atoms with van der Waals surface area (Å²) in [5.41, 5.74) is 1.21. The van der Waals surface area contributed by atoms with Crippen LogP contribution in [0, 0.1) is 0 Å². The van der Waals surface area contributed by atoms with E-state index in [4.69, 9.17) is 23.7 Å². The summed E-state index contributed by atoms with van der Waals surface area (Å²) < 4.78 is 25.8. The monoisotopic (exact) mass is 334 g/mol. The summed E-state index contributed by atoms with van der Waals surface area (Å²) in [5.74, 6) is -1.07. The van der Waals surface area contributed by atoms with E-state index in [1.54, 1.807) is 12.1 Å². The number of epoxide rings is 3. The van der Waals surface area contributed by atoms with Gasteiger partial charge in [-0.3, -0.25) is 0 Å². The van der Waals surface area contributed by atoms with Crippen LogP contribution >= 0.6 is 0 Å². The highest BCUT2D eigenvalue weighted by Gasteiger charge is 2.31. The summed E-state index contributed by atoms with van der Waals surface area (Å²) >= 11 is 0. The Bertz CT molecular complexity index is 644. The van der Waals surface area contributed by atoms with Crippen LogP contribution in [0.5, 0.6) is 0 Å². The van der Waals surface area contributed by atoms with Crippen molar-refractivity contribution in [3.05, 3.63) is 34.9 Å². The van der Waals surface area contributed by atoms with Crippen LogP contribution in [0.25, 0.3) is 0 Å². The SMILES string of the molecule is O=C(OCC1CO1)c1cccc(CC2CO2)c1C(=O)OCC1CO1. The van der Waals surface area contributed by atoms with Gasteiger partial charge in [0.2, 0.25) is 0 Å². The molecule has 3 saturated heterocycles. The molecule has 3 aliphatic rings. The van der Waals surface area contributed by atoms with Gasteiger partial charge in [0.25, 0.3) is 0 Å². The van der Waals surface area contributed by atoms with E-state index in [0.29, 0.717) is 26.2 Å². The lowest BCUT2D eigenvalue weighted by Crippen LogP contribution is -2.19. The summed E-state index contributed by atoms with van der Waals surface area (Å²) in [4.78, 5) is 24.9. The molecule has 0 aromatic heterocycles. The Balaban J connectivity index is 1.54. The average Bonchev–Trinajstić information content (AvgIpc) is 3.44. The molecule has 0 saturated carbocycles. The highest BCUT2D eigenvalue weighted by atomic mass is 16.6. The molecule has 1 aromatic rings. The van der Waals surface area contributed by atoms with Crippen molar-refractivity contribution >= 4 is 11.9 Å². The molecule has 4 rings (SSSR count). The Hall–Kier alpha value is -1.96. The second-order valence-corrected chi connectivity index (χ2v) is 6.11. The van der Waals surface area contributed by atoms with E-state index in [9.17, 15) is 9.59 Å². The maximum absolute atomic E-state index is 12.5. The Morgan fingerprint density at radius 2 is 1.50 bits per heavy atom. The largest absolute Gasteiger partial charge is 0.459 e. The van der Waals surface area contributed by atoms with Crippen molar-refractivity contribution in [2.75, 3.05) is 33.0 Å². The first-order chi connectivity index (χ1) is 11.7. The smallest absolute Gasteiger partial charge is 0.339 e. The molecule has 0 radical (unpaired) electrons. The van der Waals surface area contributed by atoms with Crippen LogP contribution in [0.1, 0.15) is 26.3 Å². The van der Waals surface area contributed by atoms with Crippen molar-refractivity contribution in [2.24, 2.45) is 0 Å². The van der Waals surface area contributed by atoms with Crippen LogP contribution in [0.4, 0.5) is 0 Å². The van der Waals surface area contributed by atoms with Gasteiger partial charge < -0.3 is 23.7 Å². The lowest BCUT2D eigenvalue weighted by atomic mass is 9.97. The first-order valence-electron chi connectivity index (χ1n) is 8.01. The van der Waals surface area contributed by atoms with E-state index in [-0.39, 0.29) is 42.7 Å². The number of carbonyl (C=O) groups excluding carboxylic acids is 2. The number of ether oxygens (including phenoxy) is 5. The highest BCUT2D eigenvalue weighted by molar-refractivity contribution is 6.04. The van der Waals surface area contributed by atoms with Crippen molar-refractivity contribution in [2.45, 2.75) is 24.7 Å². The van der Waals surface area contributed by atoms with Gasteiger partial charge >= 0.3 is 11.9 Å². The third kappa shape index (κ3) is 3.92. The number of hydrogen-bond donors (Lipinski definition) is 0. The van der Waals surface area contributed by atoms with Gasteiger partial charge in [0.15, 0.2) is 0 Å². The highest BCUT2D eigenvalue weighted by Crippen LogP contribution is 2.24. The lowest BCUT2D eigenvalue weighted by molar-refractivity contribution is 0.0429. The van der Waals surface area contributed by atoms with Crippen LogP contribution in [0.2, 0.25) is 0 Å². The van der Waals surface area contributed by atoms with Gasteiger partial charge in [0.05, 0.1) is 37.1 Å². The normalized spacial score (nSPS) is 26.6. The second-order valence-electron chi connectivity index (χ2n) is 6.11. The molecule has 0 spiro atoms. The van der Waals surface area contributed by atoms with Gasteiger partial charge in [-0.2, -0.15) is 0 Å². The van der Waals surface area contributed by atoms with Crippen molar-refractivity contribution in [3.63, 3.8) is 0 Å². The van der Waals surface area contributed by atoms with Crippen LogP contribution < -0.4 is 0 Å². The maximum Gasteiger partial charge on any atom is 0.339 e.